The van der Waals surface area contributed by atoms with E-state index in [0.717, 1.165) is 89.4 Å². The van der Waals surface area contributed by atoms with Crippen molar-refractivity contribution >= 4 is 29.9 Å². The minimum atomic E-state index is 0. The van der Waals surface area contributed by atoms with E-state index >= 15 is 0 Å². The lowest BCUT2D eigenvalue weighted by atomic mass is 10.2. The third-order valence-electron chi connectivity index (χ3n) is 5.21. The summed E-state index contributed by atoms with van der Waals surface area (Å²) in [7, 11) is 1.64. The molecule has 9 nitrogen and oxygen atoms in total. The van der Waals surface area contributed by atoms with Crippen LogP contribution in [0.2, 0.25) is 0 Å². The van der Waals surface area contributed by atoms with Crippen LogP contribution in [0.3, 0.4) is 0 Å². The van der Waals surface area contributed by atoms with Crippen LogP contribution in [-0.2, 0) is 11.2 Å². The van der Waals surface area contributed by atoms with Gasteiger partial charge in [0.05, 0.1) is 20.3 Å². The summed E-state index contributed by atoms with van der Waals surface area (Å²) in [5, 5.41) is 7.25. The minimum absolute atomic E-state index is 0. The number of aryl methyl sites for hydroxylation is 1. The molecule has 1 aromatic heterocycles. The fourth-order valence-corrected chi connectivity index (χ4v) is 3.38. The van der Waals surface area contributed by atoms with Gasteiger partial charge in [0, 0.05) is 44.7 Å². The number of aliphatic imine (C=N–C) groups is 1. The van der Waals surface area contributed by atoms with Crippen molar-refractivity contribution in [3.05, 3.63) is 30.2 Å². The fraction of sp³-hybridized carbons (Fsp3) is 0.591. The molecule has 0 spiro atoms. The van der Waals surface area contributed by atoms with Gasteiger partial charge in [0.15, 0.2) is 5.96 Å². The summed E-state index contributed by atoms with van der Waals surface area (Å²) >= 11 is 0. The summed E-state index contributed by atoms with van der Waals surface area (Å²) < 4.78 is 15.9. The standard InChI is InChI=1S/C22H34N6O3.HI/c1-29-19-9-7-18(8-10-19)21-26-20(31-27-21)6-3-2-4-11-24-22(23)25-12-5-13-28-14-16-30-17-15-28;/h7-10H,2-6,11-17H2,1H3,(H3,23,24,25);1H. The van der Waals surface area contributed by atoms with E-state index in [-0.39, 0.29) is 24.0 Å². The van der Waals surface area contributed by atoms with E-state index in [2.05, 4.69) is 25.3 Å². The molecule has 1 aliphatic heterocycles. The number of unbranched alkanes of at least 4 members (excludes halogenated alkanes) is 2. The second-order valence-corrected chi connectivity index (χ2v) is 7.55. The molecule has 1 saturated heterocycles. The number of methoxy groups -OCH3 is 1. The van der Waals surface area contributed by atoms with E-state index in [4.69, 9.17) is 19.7 Å². The molecule has 2 aromatic rings. The van der Waals surface area contributed by atoms with Crippen LogP contribution < -0.4 is 15.8 Å². The summed E-state index contributed by atoms with van der Waals surface area (Å²) in [6.45, 7) is 6.33. The Hall–Kier alpha value is -1.92. The number of ether oxygens (including phenoxy) is 2. The molecule has 1 aliphatic rings. The molecule has 0 radical (unpaired) electrons. The quantitative estimate of drug-likeness (QED) is 0.177. The molecule has 0 unspecified atom stereocenters. The van der Waals surface area contributed by atoms with Crippen molar-refractivity contribution in [2.45, 2.75) is 32.1 Å². The Labute approximate surface area is 207 Å². The Bertz CT molecular complexity index is 793. The topological polar surface area (TPSA) is 111 Å². The average molecular weight is 558 g/mol. The van der Waals surface area contributed by atoms with Crippen molar-refractivity contribution in [3.63, 3.8) is 0 Å². The maximum atomic E-state index is 5.94. The number of benzene rings is 1. The first-order valence-electron chi connectivity index (χ1n) is 11.1. The monoisotopic (exact) mass is 558 g/mol. The summed E-state index contributed by atoms with van der Waals surface area (Å²) in [4.78, 5) is 11.3. The molecular weight excluding hydrogens is 523 g/mol. The molecule has 0 amide bonds. The first kappa shape index (κ1) is 26.3. The lowest BCUT2D eigenvalue weighted by molar-refractivity contribution is 0.0377. The number of aromatic nitrogens is 2. The largest absolute Gasteiger partial charge is 0.497 e. The van der Waals surface area contributed by atoms with Gasteiger partial charge >= 0.3 is 0 Å². The van der Waals surface area contributed by atoms with E-state index in [1.165, 1.54) is 0 Å². The zero-order chi connectivity index (χ0) is 21.7. The van der Waals surface area contributed by atoms with Crippen LogP contribution >= 0.6 is 24.0 Å². The van der Waals surface area contributed by atoms with E-state index in [1.54, 1.807) is 7.11 Å². The second-order valence-electron chi connectivity index (χ2n) is 7.55. The van der Waals surface area contributed by atoms with Gasteiger partial charge in [-0.3, -0.25) is 9.89 Å². The van der Waals surface area contributed by atoms with Gasteiger partial charge in [-0.05, 0) is 43.5 Å². The molecule has 3 rings (SSSR count). The molecule has 32 heavy (non-hydrogen) atoms. The fourth-order valence-electron chi connectivity index (χ4n) is 3.38. The molecule has 2 heterocycles. The number of nitrogens with two attached hydrogens (primary N) is 1. The van der Waals surface area contributed by atoms with E-state index in [1.807, 2.05) is 24.3 Å². The number of nitrogens with one attached hydrogen (secondary N) is 1. The maximum Gasteiger partial charge on any atom is 0.226 e. The number of rotatable bonds is 12. The van der Waals surface area contributed by atoms with Gasteiger partial charge in [0.25, 0.3) is 0 Å². The zero-order valence-electron chi connectivity index (χ0n) is 18.8. The van der Waals surface area contributed by atoms with Crippen LogP contribution in [-0.4, -0.2) is 74.0 Å². The number of nitrogens with zero attached hydrogens (tertiary/aromatic N) is 4. The van der Waals surface area contributed by atoms with Crippen molar-refractivity contribution < 1.29 is 14.0 Å². The summed E-state index contributed by atoms with van der Waals surface area (Å²) in [5.74, 6) is 2.61. The summed E-state index contributed by atoms with van der Waals surface area (Å²) in [6.07, 6.45) is 4.85. The van der Waals surface area contributed by atoms with Crippen molar-refractivity contribution in [2.75, 3.05) is 53.0 Å². The van der Waals surface area contributed by atoms with E-state index in [0.29, 0.717) is 17.7 Å². The molecule has 0 atom stereocenters. The maximum absolute atomic E-state index is 5.94. The molecule has 10 heteroatoms. The second kappa shape index (κ2) is 15.0. The highest BCUT2D eigenvalue weighted by atomic mass is 127. The SMILES string of the molecule is COc1ccc(-c2noc(CCCCCNC(N)=NCCCN3CCOCC3)n2)cc1.I. The van der Waals surface area contributed by atoms with Gasteiger partial charge in [-0.25, -0.2) is 0 Å². The van der Waals surface area contributed by atoms with Gasteiger partial charge in [-0.15, -0.1) is 24.0 Å². The predicted octanol–water partition coefficient (Wildman–Crippen LogP) is 2.70. The van der Waals surface area contributed by atoms with Crippen molar-refractivity contribution in [2.24, 2.45) is 10.7 Å². The van der Waals surface area contributed by atoms with Crippen LogP contribution in [0.25, 0.3) is 11.4 Å². The highest BCUT2D eigenvalue weighted by Crippen LogP contribution is 2.20. The molecule has 1 fully saturated rings. The number of hydrogen-bond acceptors (Lipinski definition) is 7. The summed E-state index contributed by atoms with van der Waals surface area (Å²) in [5.41, 5.74) is 6.86. The number of morpholine rings is 1. The van der Waals surface area contributed by atoms with Crippen LogP contribution in [0.1, 0.15) is 31.6 Å². The zero-order valence-corrected chi connectivity index (χ0v) is 21.1. The lowest BCUT2D eigenvalue weighted by Crippen LogP contribution is -2.37. The van der Waals surface area contributed by atoms with Crippen LogP contribution in [0.15, 0.2) is 33.8 Å². The van der Waals surface area contributed by atoms with Crippen molar-refractivity contribution in [1.29, 1.82) is 0 Å². The molecule has 0 aliphatic carbocycles. The third-order valence-corrected chi connectivity index (χ3v) is 5.21. The van der Waals surface area contributed by atoms with Crippen molar-refractivity contribution in [3.8, 4) is 17.1 Å². The van der Waals surface area contributed by atoms with Gasteiger partial charge in [0.2, 0.25) is 11.7 Å². The first-order chi connectivity index (χ1) is 15.2. The Morgan fingerprint density at radius 2 is 1.94 bits per heavy atom. The molecule has 178 valence electrons. The van der Waals surface area contributed by atoms with E-state index in [9.17, 15) is 0 Å². The Morgan fingerprint density at radius 1 is 1.16 bits per heavy atom. The van der Waals surface area contributed by atoms with Gasteiger partial charge in [-0.2, -0.15) is 4.98 Å². The summed E-state index contributed by atoms with van der Waals surface area (Å²) in [6, 6.07) is 7.62. The number of halogens is 1. The Kier molecular flexibility index (Phi) is 12.4. The molecule has 3 N–H and O–H groups in total. The number of hydrogen-bond donors (Lipinski definition) is 2. The highest BCUT2D eigenvalue weighted by molar-refractivity contribution is 14.0. The molecule has 0 bridgehead atoms. The van der Waals surface area contributed by atoms with Crippen molar-refractivity contribution in [1.82, 2.24) is 20.4 Å². The smallest absolute Gasteiger partial charge is 0.226 e. The third kappa shape index (κ3) is 9.29. The van der Waals surface area contributed by atoms with Gasteiger partial charge < -0.3 is 25.0 Å². The molecule has 0 saturated carbocycles. The van der Waals surface area contributed by atoms with Crippen LogP contribution in [0.4, 0.5) is 0 Å². The number of guanidine groups is 1. The van der Waals surface area contributed by atoms with E-state index < -0.39 is 0 Å². The Morgan fingerprint density at radius 3 is 2.69 bits per heavy atom. The lowest BCUT2D eigenvalue weighted by Gasteiger charge is -2.26. The van der Waals surface area contributed by atoms with Gasteiger partial charge in [0.1, 0.15) is 5.75 Å². The minimum Gasteiger partial charge on any atom is -0.497 e. The highest BCUT2D eigenvalue weighted by Gasteiger charge is 2.09. The predicted molar refractivity (Wildman–Crippen MR) is 136 cm³/mol. The Balaban J connectivity index is 0.00000363. The van der Waals surface area contributed by atoms with Gasteiger partial charge in [-0.1, -0.05) is 11.6 Å². The molecule has 1 aromatic carbocycles. The molecular formula is C22H35IN6O3. The van der Waals surface area contributed by atoms with Crippen LogP contribution in [0.5, 0.6) is 5.75 Å². The first-order valence-corrected chi connectivity index (χ1v) is 11.1. The average Bonchev–Trinajstić information content (AvgIpc) is 3.29. The normalized spacial score (nSPS) is 14.7. The van der Waals surface area contributed by atoms with Crippen LogP contribution in [0, 0.1) is 0 Å².